The van der Waals surface area contributed by atoms with Crippen molar-refractivity contribution < 1.29 is 26.3 Å². The molecule has 0 unspecified atom stereocenters. The van der Waals surface area contributed by atoms with Gasteiger partial charge < -0.3 is 9.72 Å². The molecule has 2 N–H and O–H groups in total. The maximum atomic E-state index is 13.0. The molecule has 0 saturated heterocycles. The summed E-state index contributed by atoms with van der Waals surface area (Å²) in [6.07, 6.45) is -3.54. The molecule has 0 atom stereocenters. The summed E-state index contributed by atoms with van der Waals surface area (Å²) in [5, 5.41) is 0. The van der Waals surface area contributed by atoms with Crippen molar-refractivity contribution in [3.63, 3.8) is 0 Å². The fraction of sp³-hybridized carbons (Fsp3) is 0.150. The molecule has 30 heavy (non-hydrogen) atoms. The van der Waals surface area contributed by atoms with Crippen LogP contribution in [0.25, 0.3) is 11.1 Å². The number of anilines is 1. The number of halogens is 3. The standard InChI is InChI=1S/C20H17F3N2O4S/c1-12-16(7-9-19(26)24-12)17-11-14(25-30(2,27)28)6-8-18(17)29-15-5-3-4-13(10-15)20(21,22)23/h3-11,25H,1-2H3,(H,24,26). The van der Waals surface area contributed by atoms with Gasteiger partial charge in [0.2, 0.25) is 15.6 Å². The molecular formula is C20H17F3N2O4S. The first-order valence-electron chi connectivity index (χ1n) is 8.60. The van der Waals surface area contributed by atoms with E-state index in [1.165, 1.54) is 42.5 Å². The minimum absolute atomic E-state index is 0.0445. The van der Waals surface area contributed by atoms with E-state index in [0.717, 1.165) is 18.4 Å². The Balaban J connectivity index is 2.11. The summed E-state index contributed by atoms with van der Waals surface area (Å²) in [6.45, 7) is 1.64. The average molecular weight is 438 g/mol. The first-order valence-corrected chi connectivity index (χ1v) is 10.5. The first-order chi connectivity index (χ1) is 13.9. The number of sulfonamides is 1. The number of pyridine rings is 1. The van der Waals surface area contributed by atoms with E-state index in [1.807, 2.05) is 0 Å². The van der Waals surface area contributed by atoms with E-state index < -0.39 is 21.8 Å². The predicted molar refractivity (Wildman–Crippen MR) is 107 cm³/mol. The lowest BCUT2D eigenvalue weighted by atomic mass is 10.0. The largest absolute Gasteiger partial charge is 0.457 e. The number of aromatic amines is 1. The van der Waals surface area contributed by atoms with Gasteiger partial charge in [-0.3, -0.25) is 9.52 Å². The lowest BCUT2D eigenvalue weighted by Gasteiger charge is -2.16. The Morgan fingerprint density at radius 1 is 1.00 bits per heavy atom. The number of rotatable bonds is 5. The van der Waals surface area contributed by atoms with Crippen LogP contribution in [-0.2, 0) is 16.2 Å². The zero-order chi connectivity index (χ0) is 22.1. The molecule has 10 heteroatoms. The third-order valence-electron chi connectivity index (χ3n) is 4.08. The molecule has 158 valence electrons. The van der Waals surface area contributed by atoms with E-state index in [-0.39, 0.29) is 22.7 Å². The third-order valence-corrected chi connectivity index (χ3v) is 4.68. The van der Waals surface area contributed by atoms with Crippen molar-refractivity contribution in [1.29, 1.82) is 0 Å². The SMILES string of the molecule is Cc1[nH]c(=O)ccc1-c1cc(NS(C)(=O)=O)ccc1Oc1cccc(C(F)(F)F)c1. The van der Waals surface area contributed by atoms with Crippen LogP contribution < -0.4 is 15.0 Å². The van der Waals surface area contributed by atoms with Crippen molar-refractivity contribution in [2.45, 2.75) is 13.1 Å². The van der Waals surface area contributed by atoms with E-state index in [9.17, 15) is 26.4 Å². The number of aryl methyl sites for hydroxylation is 1. The van der Waals surface area contributed by atoms with Crippen LogP contribution in [0.5, 0.6) is 11.5 Å². The zero-order valence-electron chi connectivity index (χ0n) is 15.9. The van der Waals surface area contributed by atoms with E-state index in [1.54, 1.807) is 6.92 Å². The highest BCUT2D eigenvalue weighted by atomic mass is 32.2. The third kappa shape index (κ3) is 5.20. The quantitative estimate of drug-likeness (QED) is 0.613. The Labute approximate surface area is 170 Å². The zero-order valence-corrected chi connectivity index (χ0v) is 16.7. The van der Waals surface area contributed by atoms with Gasteiger partial charge in [0, 0.05) is 28.6 Å². The molecule has 0 saturated carbocycles. The van der Waals surface area contributed by atoms with Crippen LogP contribution in [0.1, 0.15) is 11.3 Å². The van der Waals surface area contributed by atoms with Gasteiger partial charge in [-0.1, -0.05) is 6.07 Å². The monoisotopic (exact) mass is 438 g/mol. The molecule has 3 aromatic rings. The smallest absolute Gasteiger partial charge is 0.416 e. The highest BCUT2D eigenvalue weighted by Gasteiger charge is 2.30. The van der Waals surface area contributed by atoms with Crippen molar-refractivity contribution in [3.8, 4) is 22.6 Å². The summed E-state index contributed by atoms with van der Waals surface area (Å²) in [4.78, 5) is 14.2. The van der Waals surface area contributed by atoms with Gasteiger partial charge in [0.15, 0.2) is 0 Å². The van der Waals surface area contributed by atoms with Gasteiger partial charge in [-0.05, 0) is 49.4 Å². The van der Waals surface area contributed by atoms with Crippen LogP contribution >= 0.6 is 0 Å². The number of hydrogen-bond donors (Lipinski definition) is 2. The highest BCUT2D eigenvalue weighted by molar-refractivity contribution is 7.92. The predicted octanol–water partition coefficient (Wildman–Crippen LogP) is 4.53. The van der Waals surface area contributed by atoms with Crippen LogP contribution in [0.3, 0.4) is 0 Å². The van der Waals surface area contributed by atoms with E-state index >= 15 is 0 Å². The number of aromatic nitrogens is 1. The molecule has 0 radical (unpaired) electrons. The van der Waals surface area contributed by atoms with Crippen molar-refractivity contribution in [3.05, 3.63) is 76.2 Å². The molecule has 0 amide bonds. The number of alkyl halides is 3. The normalized spacial score (nSPS) is 11.9. The van der Waals surface area contributed by atoms with Gasteiger partial charge in [-0.25, -0.2) is 8.42 Å². The van der Waals surface area contributed by atoms with Crippen LogP contribution in [0.15, 0.2) is 59.4 Å². The van der Waals surface area contributed by atoms with Crippen molar-refractivity contribution in [2.75, 3.05) is 11.0 Å². The molecule has 3 rings (SSSR count). The van der Waals surface area contributed by atoms with Gasteiger partial charge in [0.1, 0.15) is 11.5 Å². The summed E-state index contributed by atoms with van der Waals surface area (Å²) in [6, 6.07) is 11.5. The Kier molecular flexibility index (Phi) is 5.62. The summed E-state index contributed by atoms with van der Waals surface area (Å²) in [7, 11) is -3.56. The molecule has 6 nitrogen and oxygen atoms in total. The summed E-state index contributed by atoms with van der Waals surface area (Å²) in [5.74, 6) is 0.139. The van der Waals surface area contributed by atoms with E-state index in [0.29, 0.717) is 16.8 Å². The van der Waals surface area contributed by atoms with Gasteiger partial charge in [-0.2, -0.15) is 13.2 Å². The average Bonchev–Trinajstić information content (AvgIpc) is 2.61. The summed E-state index contributed by atoms with van der Waals surface area (Å²) < 4.78 is 70.2. The van der Waals surface area contributed by atoms with Gasteiger partial charge in [-0.15, -0.1) is 0 Å². The van der Waals surface area contributed by atoms with Crippen LogP contribution in [0.4, 0.5) is 18.9 Å². The maximum absolute atomic E-state index is 13.0. The Bertz CT molecular complexity index is 1250. The van der Waals surface area contributed by atoms with Crippen LogP contribution in [-0.4, -0.2) is 19.7 Å². The second-order valence-electron chi connectivity index (χ2n) is 6.57. The number of benzene rings is 2. The minimum atomic E-state index is -4.53. The Hall–Kier alpha value is -3.27. The second-order valence-corrected chi connectivity index (χ2v) is 8.32. The first kappa shape index (κ1) is 21.4. The van der Waals surface area contributed by atoms with E-state index in [4.69, 9.17) is 4.74 Å². The number of H-pyrrole nitrogens is 1. The fourth-order valence-corrected chi connectivity index (χ4v) is 3.39. The van der Waals surface area contributed by atoms with Gasteiger partial charge in [0.25, 0.3) is 0 Å². The second kappa shape index (κ2) is 7.86. The summed E-state index contributed by atoms with van der Waals surface area (Å²) >= 11 is 0. The Morgan fingerprint density at radius 2 is 1.73 bits per heavy atom. The number of ether oxygens (including phenoxy) is 1. The minimum Gasteiger partial charge on any atom is -0.457 e. The van der Waals surface area contributed by atoms with Crippen molar-refractivity contribution in [2.24, 2.45) is 0 Å². The van der Waals surface area contributed by atoms with Gasteiger partial charge >= 0.3 is 6.18 Å². The summed E-state index contributed by atoms with van der Waals surface area (Å²) in [5.41, 5.74) is 0.421. The molecule has 0 aliphatic heterocycles. The molecule has 0 spiro atoms. The highest BCUT2D eigenvalue weighted by Crippen LogP contribution is 2.38. The van der Waals surface area contributed by atoms with E-state index in [2.05, 4.69) is 9.71 Å². The van der Waals surface area contributed by atoms with Crippen LogP contribution in [0.2, 0.25) is 0 Å². The van der Waals surface area contributed by atoms with Crippen molar-refractivity contribution in [1.82, 2.24) is 4.98 Å². The van der Waals surface area contributed by atoms with Crippen LogP contribution in [0, 0.1) is 6.92 Å². The lowest BCUT2D eigenvalue weighted by Crippen LogP contribution is -2.10. The topological polar surface area (TPSA) is 88.3 Å². The molecule has 1 heterocycles. The molecule has 0 fully saturated rings. The lowest BCUT2D eigenvalue weighted by molar-refractivity contribution is -0.137. The fourth-order valence-electron chi connectivity index (χ4n) is 2.84. The number of hydrogen-bond acceptors (Lipinski definition) is 4. The van der Waals surface area contributed by atoms with Gasteiger partial charge in [0.05, 0.1) is 11.8 Å². The number of nitrogens with one attached hydrogen (secondary N) is 2. The molecule has 0 bridgehead atoms. The Morgan fingerprint density at radius 3 is 2.37 bits per heavy atom. The molecule has 0 aliphatic rings. The molecule has 2 aromatic carbocycles. The molecule has 1 aromatic heterocycles. The molecule has 0 aliphatic carbocycles. The molecular weight excluding hydrogens is 421 g/mol. The maximum Gasteiger partial charge on any atom is 0.416 e. The van der Waals surface area contributed by atoms with Crippen molar-refractivity contribution >= 4 is 15.7 Å².